The van der Waals surface area contributed by atoms with Gasteiger partial charge in [0.25, 0.3) is 0 Å². The molecule has 0 fully saturated rings. The Kier molecular flexibility index (Phi) is 3.70. The first-order valence-corrected chi connectivity index (χ1v) is 4.19. The van der Waals surface area contributed by atoms with Crippen LogP contribution in [0.4, 0.5) is 5.69 Å². The number of hydrogen-bond acceptors (Lipinski definition) is 3. The van der Waals surface area contributed by atoms with E-state index in [1.54, 1.807) is 0 Å². The molecular weight excluding hydrogens is 164 g/mol. The second-order valence-electron chi connectivity index (χ2n) is 2.55. The number of para-hydroxylation sites is 1. The summed E-state index contributed by atoms with van der Waals surface area (Å²) in [7, 11) is 0. The van der Waals surface area contributed by atoms with E-state index in [2.05, 4.69) is 10.5 Å². The lowest BCUT2D eigenvalue weighted by Gasteiger charge is -1.99. The van der Waals surface area contributed by atoms with Gasteiger partial charge in [-0.2, -0.15) is 5.10 Å². The first-order valence-electron chi connectivity index (χ1n) is 4.19. The Morgan fingerprint density at radius 1 is 1.46 bits per heavy atom. The van der Waals surface area contributed by atoms with Crippen LogP contribution in [-0.2, 0) is 4.79 Å². The Morgan fingerprint density at radius 2 is 2.15 bits per heavy atom. The van der Waals surface area contributed by atoms with Crippen LogP contribution in [0, 0.1) is 0 Å². The minimum atomic E-state index is 0.517. The summed E-state index contributed by atoms with van der Waals surface area (Å²) < 4.78 is 0. The summed E-state index contributed by atoms with van der Waals surface area (Å²) in [5.74, 6) is 0. The van der Waals surface area contributed by atoms with Gasteiger partial charge in [-0.25, -0.2) is 0 Å². The summed E-state index contributed by atoms with van der Waals surface area (Å²) >= 11 is 0. The zero-order valence-corrected chi connectivity index (χ0v) is 7.53. The van der Waals surface area contributed by atoms with Crippen LogP contribution in [0.3, 0.4) is 0 Å². The largest absolute Gasteiger partial charge is 0.296 e. The first kappa shape index (κ1) is 9.45. The predicted octanol–water partition coefficient (Wildman–Crippen LogP) is 2.06. The lowest BCUT2D eigenvalue weighted by molar-refractivity contribution is -0.102. The van der Waals surface area contributed by atoms with Gasteiger partial charge in [-0.3, -0.25) is 10.2 Å². The number of rotatable bonds is 4. The Balaban J connectivity index is 2.60. The van der Waals surface area contributed by atoms with Crippen LogP contribution >= 0.6 is 0 Å². The third-order valence-electron chi connectivity index (χ3n) is 1.60. The maximum atomic E-state index is 10.4. The van der Waals surface area contributed by atoms with Crippen molar-refractivity contribution in [1.29, 1.82) is 0 Å². The number of hydrogen-bond donors (Lipinski definition) is 1. The summed E-state index contributed by atoms with van der Waals surface area (Å²) in [5.41, 5.74) is 4.21. The highest BCUT2D eigenvalue weighted by Crippen LogP contribution is 2.04. The van der Waals surface area contributed by atoms with E-state index in [1.165, 1.54) is 0 Å². The Hall–Kier alpha value is -1.64. The zero-order valence-electron chi connectivity index (χ0n) is 7.53. The molecule has 0 spiro atoms. The summed E-state index contributed by atoms with van der Waals surface area (Å²) in [6, 6.07) is 9.52. The number of carbonyl (C=O) groups excluding carboxylic acids is 1. The van der Waals surface area contributed by atoms with Crippen molar-refractivity contribution in [2.45, 2.75) is 13.3 Å². The van der Waals surface area contributed by atoms with Crippen molar-refractivity contribution >= 4 is 17.7 Å². The van der Waals surface area contributed by atoms with E-state index in [4.69, 9.17) is 0 Å². The molecule has 13 heavy (non-hydrogen) atoms. The van der Waals surface area contributed by atoms with Crippen molar-refractivity contribution in [3.63, 3.8) is 0 Å². The van der Waals surface area contributed by atoms with Gasteiger partial charge in [-0.15, -0.1) is 0 Å². The molecule has 0 saturated carbocycles. The highest BCUT2D eigenvalue weighted by atomic mass is 16.1. The average Bonchev–Trinajstić information content (AvgIpc) is 2.21. The van der Waals surface area contributed by atoms with Gasteiger partial charge in [0.2, 0.25) is 0 Å². The number of nitrogens with one attached hydrogen (secondary N) is 1. The monoisotopic (exact) mass is 176 g/mol. The number of carbonyl (C=O) groups is 1. The fourth-order valence-electron chi connectivity index (χ4n) is 0.838. The van der Waals surface area contributed by atoms with Gasteiger partial charge in [-0.05, 0) is 18.6 Å². The first-order chi connectivity index (χ1) is 6.36. The fourth-order valence-corrected chi connectivity index (χ4v) is 0.838. The molecule has 0 bridgehead atoms. The van der Waals surface area contributed by atoms with Gasteiger partial charge < -0.3 is 0 Å². The average molecular weight is 176 g/mol. The van der Waals surface area contributed by atoms with Crippen LogP contribution in [0.15, 0.2) is 35.4 Å². The van der Waals surface area contributed by atoms with Crippen LogP contribution in [0.2, 0.25) is 0 Å². The van der Waals surface area contributed by atoms with E-state index in [9.17, 15) is 4.79 Å². The lowest BCUT2D eigenvalue weighted by atomic mass is 10.3. The molecule has 1 N–H and O–H groups in total. The molecule has 0 aliphatic carbocycles. The SMILES string of the molecule is CCC(C=O)=NNc1ccccc1. The molecular formula is C10H12N2O. The second-order valence-corrected chi connectivity index (χ2v) is 2.55. The molecule has 0 heterocycles. The Bertz CT molecular complexity index is 293. The van der Waals surface area contributed by atoms with Crippen molar-refractivity contribution in [2.24, 2.45) is 5.10 Å². The number of hydrazone groups is 1. The molecule has 68 valence electrons. The van der Waals surface area contributed by atoms with Gasteiger partial charge in [0, 0.05) is 0 Å². The third-order valence-corrected chi connectivity index (χ3v) is 1.60. The summed E-state index contributed by atoms with van der Waals surface area (Å²) in [5, 5.41) is 3.93. The molecule has 1 aromatic carbocycles. The summed E-state index contributed by atoms with van der Waals surface area (Å²) in [6.45, 7) is 1.89. The molecule has 1 aromatic rings. The molecule has 0 atom stereocenters. The number of aldehydes is 1. The van der Waals surface area contributed by atoms with Crippen LogP contribution in [0.25, 0.3) is 0 Å². The summed E-state index contributed by atoms with van der Waals surface area (Å²) in [6.07, 6.45) is 1.40. The zero-order chi connectivity index (χ0) is 9.52. The second kappa shape index (κ2) is 5.09. The van der Waals surface area contributed by atoms with E-state index in [0.29, 0.717) is 12.1 Å². The minimum absolute atomic E-state index is 0.517. The lowest BCUT2D eigenvalue weighted by Crippen LogP contribution is -2.01. The molecule has 0 saturated heterocycles. The van der Waals surface area contributed by atoms with Crippen LogP contribution in [-0.4, -0.2) is 12.0 Å². The smallest absolute Gasteiger partial charge is 0.166 e. The van der Waals surface area contributed by atoms with Crippen LogP contribution in [0.5, 0.6) is 0 Å². The van der Waals surface area contributed by atoms with Gasteiger partial charge in [-0.1, -0.05) is 25.1 Å². The molecule has 1 rings (SSSR count). The molecule has 3 nitrogen and oxygen atoms in total. The quantitative estimate of drug-likeness (QED) is 0.433. The number of benzene rings is 1. The van der Waals surface area contributed by atoms with Gasteiger partial charge in [0.15, 0.2) is 6.29 Å². The van der Waals surface area contributed by atoms with E-state index in [1.807, 2.05) is 37.3 Å². The number of anilines is 1. The molecule has 0 unspecified atom stereocenters. The van der Waals surface area contributed by atoms with Gasteiger partial charge in [0.1, 0.15) is 5.71 Å². The van der Waals surface area contributed by atoms with E-state index in [-0.39, 0.29) is 0 Å². The van der Waals surface area contributed by atoms with Crippen molar-refractivity contribution in [3.8, 4) is 0 Å². The normalized spacial score (nSPS) is 11.0. The highest BCUT2D eigenvalue weighted by Gasteiger charge is 1.91. The van der Waals surface area contributed by atoms with E-state index < -0.39 is 0 Å². The molecule has 3 heteroatoms. The van der Waals surface area contributed by atoms with Crippen LogP contribution < -0.4 is 5.43 Å². The van der Waals surface area contributed by atoms with Crippen molar-refractivity contribution in [3.05, 3.63) is 30.3 Å². The van der Waals surface area contributed by atoms with E-state index >= 15 is 0 Å². The molecule has 0 aromatic heterocycles. The molecule has 0 aliphatic rings. The maximum Gasteiger partial charge on any atom is 0.166 e. The van der Waals surface area contributed by atoms with Crippen molar-refractivity contribution in [2.75, 3.05) is 5.43 Å². The molecule has 0 radical (unpaired) electrons. The summed E-state index contributed by atoms with van der Waals surface area (Å²) in [4.78, 5) is 10.4. The molecule has 0 aliphatic heterocycles. The predicted molar refractivity (Wildman–Crippen MR) is 53.9 cm³/mol. The fraction of sp³-hybridized carbons (Fsp3) is 0.200. The minimum Gasteiger partial charge on any atom is -0.296 e. The van der Waals surface area contributed by atoms with Gasteiger partial charge >= 0.3 is 0 Å². The Labute approximate surface area is 77.5 Å². The standard InChI is InChI=1S/C10H12N2O/c1-2-9(8-13)11-12-10-6-4-3-5-7-10/h3-8,12H,2H2,1H3. The third kappa shape index (κ3) is 3.07. The van der Waals surface area contributed by atoms with Crippen molar-refractivity contribution < 1.29 is 4.79 Å². The Morgan fingerprint density at radius 3 is 2.69 bits per heavy atom. The topological polar surface area (TPSA) is 41.5 Å². The van der Waals surface area contributed by atoms with Crippen LogP contribution in [0.1, 0.15) is 13.3 Å². The maximum absolute atomic E-state index is 10.4. The number of nitrogens with zero attached hydrogens (tertiary/aromatic N) is 1. The van der Waals surface area contributed by atoms with E-state index in [0.717, 1.165) is 12.0 Å². The van der Waals surface area contributed by atoms with Crippen molar-refractivity contribution in [1.82, 2.24) is 0 Å². The van der Waals surface area contributed by atoms with Gasteiger partial charge in [0.05, 0.1) is 5.69 Å². The molecule has 0 amide bonds. The highest BCUT2D eigenvalue weighted by molar-refractivity contribution is 6.28.